The predicted octanol–water partition coefficient (Wildman–Crippen LogP) is 6.55. The molecule has 0 saturated heterocycles. The first-order chi connectivity index (χ1) is 7.33. The molecule has 0 heteroatoms. The molecular formula is C15H38. The summed E-state index contributed by atoms with van der Waals surface area (Å²) in [6.45, 7) is 20.6. The van der Waals surface area contributed by atoms with Crippen molar-refractivity contribution in [3.63, 3.8) is 0 Å². The zero-order valence-corrected chi connectivity index (χ0v) is 13.3. The van der Waals surface area contributed by atoms with Crippen LogP contribution in [0.4, 0.5) is 0 Å². The molecule has 0 aromatic heterocycles. The lowest BCUT2D eigenvalue weighted by atomic mass is 10.4. The van der Waals surface area contributed by atoms with Crippen molar-refractivity contribution in [1.29, 1.82) is 0 Å². The molecular weight excluding hydrogens is 180 g/mol. The molecule has 0 aliphatic rings. The summed E-state index contributed by atoms with van der Waals surface area (Å²) in [4.78, 5) is 0. The number of rotatable bonds is 1. The first-order valence-electron chi connectivity index (χ1n) is 6.66. The van der Waals surface area contributed by atoms with Crippen LogP contribution in [0.3, 0.4) is 0 Å². The van der Waals surface area contributed by atoms with E-state index in [1.165, 1.54) is 19.3 Å². The van der Waals surface area contributed by atoms with Gasteiger partial charge >= 0.3 is 0 Å². The van der Waals surface area contributed by atoms with Gasteiger partial charge in [0, 0.05) is 0 Å². The summed E-state index contributed by atoms with van der Waals surface area (Å²) in [7, 11) is 0. The van der Waals surface area contributed by atoms with Gasteiger partial charge in [0.1, 0.15) is 0 Å². The maximum Gasteiger partial charge on any atom is -0.0564 e. The van der Waals surface area contributed by atoms with Crippen LogP contribution in [0.15, 0.2) is 0 Å². The maximum absolute atomic E-state index is 4.00. The minimum absolute atomic E-state index is 1.25. The number of unbranched alkanes of at least 4 members (excludes halogenated alkanes) is 1. The third-order valence-electron chi connectivity index (χ3n) is 0.500. The predicted molar refractivity (Wildman–Crippen MR) is 80.5 cm³/mol. The Labute approximate surface area is 102 Å². The molecule has 0 aromatic rings. The Morgan fingerprint density at radius 3 is 0.600 bits per heavy atom. The average molecular weight is 218 g/mol. The van der Waals surface area contributed by atoms with E-state index >= 15 is 0 Å². The van der Waals surface area contributed by atoms with Crippen LogP contribution in [0.2, 0.25) is 0 Å². The molecule has 15 heavy (non-hydrogen) atoms. The normalized spacial score (nSPS) is 4.53. The SMILES string of the molecule is C#C.CC.CC.CC.CCC.CCCC. The van der Waals surface area contributed by atoms with Crippen LogP contribution in [0.5, 0.6) is 0 Å². The molecule has 0 spiro atoms. The molecule has 0 bridgehead atoms. The van der Waals surface area contributed by atoms with E-state index in [1.807, 2.05) is 41.5 Å². The van der Waals surface area contributed by atoms with Gasteiger partial charge in [-0.1, -0.05) is 88.5 Å². The van der Waals surface area contributed by atoms with Gasteiger partial charge in [0.05, 0.1) is 0 Å². The molecule has 0 amide bonds. The molecule has 0 fully saturated rings. The van der Waals surface area contributed by atoms with Crippen LogP contribution >= 0.6 is 0 Å². The van der Waals surface area contributed by atoms with E-state index < -0.39 is 0 Å². The van der Waals surface area contributed by atoms with Crippen molar-refractivity contribution in [3.8, 4) is 12.8 Å². The molecule has 0 aromatic carbocycles. The fraction of sp³-hybridized carbons (Fsp3) is 0.867. The van der Waals surface area contributed by atoms with Gasteiger partial charge in [-0.2, -0.15) is 0 Å². The van der Waals surface area contributed by atoms with Crippen LogP contribution in [0, 0.1) is 12.8 Å². The molecule has 0 atom stereocenters. The van der Waals surface area contributed by atoms with Crippen LogP contribution in [0.1, 0.15) is 88.5 Å². The van der Waals surface area contributed by atoms with Crippen LogP contribution in [-0.4, -0.2) is 0 Å². The maximum atomic E-state index is 4.00. The van der Waals surface area contributed by atoms with Gasteiger partial charge in [0.15, 0.2) is 0 Å². The van der Waals surface area contributed by atoms with E-state index in [0.29, 0.717) is 0 Å². The van der Waals surface area contributed by atoms with Crippen molar-refractivity contribution in [2.75, 3.05) is 0 Å². The summed E-state index contributed by atoms with van der Waals surface area (Å²) in [6.07, 6.45) is 11.9. The monoisotopic (exact) mass is 218 g/mol. The highest BCUT2D eigenvalue weighted by Gasteiger charge is 1.56. The van der Waals surface area contributed by atoms with E-state index in [9.17, 15) is 0 Å². The van der Waals surface area contributed by atoms with Gasteiger partial charge in [-0.25, -0.2) is 0 Å². The van der Waals surface area contributed by atoms with Gasteiger partial charge in [0.2, 0.25) is 0 Å². The lowest BCUT2D eigenvalue weighted by Gasteiger charge is -1.68. The molecule has 0 radical (unpaired) electrons. The van der Waals surface area contributed by atoms with Crippen LogP contribution in [0.25, 0.3) is 0 Å². The molecule has 0 unspecified atom stereocenters. The minimum Gasteiger partial charge on any atom is -0.124 e. The van der Waals surface area contributed by atoms with Gasteiger partial charge in [-0.3, -0.25) is 0 Å². The van der Waals surface area contributed by atoms with Gasteiger partial charge in [-0.15, -0.1) is 12.8 Å². The lowest BCUT2D eigenvalue weighted by molar-refractivity contribution is 0.886. The van der Waals surface area contributed by atoms with Crippen molar-refractivity contribution in [1.82, 2.24) is 0 Å². The Kier molecular flexibility index (Phi) is 795. The second-order valence-corrected chi connectivity index (χ2v) is 1.71. The Hall–Kier alpha value is -0.440. The Balaban J connectivity index is -0.0000000168. The largest absolute Gasteiger partial charge is 0.124 e. The van der Waals surface area contributed by atoms with Crippen LogP contribution in [-0.2, 0) is 0 Å². The zero-order chi connectivity index (χ0) is 14.1. The molecule has 0 aliphatic carbocycles. The topological polar surface area (TPSA) is 0 Å². The summed E-state index contributed by atoms with van der Waals surface area (Å²) in [5.41, 5.74) is 0. The van der Waals surface area contributed by atoms with Gasteiger partial charge in [-0.05, 0) is 0 Å². The molecule has 0 rings (SSSR count). The Bertz CT molecular complexity index is 24.3. The van der Waals surface area contributed by atoms with E-state index in [1.54, 1.807) is 0 Å². The summed E-state index contributed by atoms with van der Waals surface area (Å²) in [5.74, 6) is 0. The first-order valence-corrected chi connectivity index (χ1v) is 6.66. The molecule has 0 N–H and O–H groups in total. The fourth-order valence-electron chi connectivity index (χ4n) is 0. The van der Waals surface area contributed by atoms with Crippen molar-refractivity contribution < 1.29 is 0 Å². The van der Waals surface area contributed by atoms with Gasteiger partial charge in [0.25, 0.3) is 0 Å². The third kappa shape index (κ3) is 5780. The fourth-order valence-corrected chi connectivity index (χ4v) is 0. The highest BCUT2D eigenvalue weighted by Crippen LogP contribution is 1.76. The van der Waals surface area contributed by atoms with Crippen molar-refractivity contribution in [2.45, 2.75) is 88.5 Å². The van der Waals surface area contributed by atoms with E-state index in [4.69, 9.17) is 0 Å². The van der Waals surface area contributed by atoms with E-state index in [0.717, 1.165) is 0 Å². The summed E-state index contributed by atoms with van der Waals surface area (Å²) >= 11 is 0. The lowest BCUT2D eigenvalue weighted by Crippen LogP contribution is -1.47. The van der Waals surface area contributed by atoms with Crippen molar-refractivity contribution in [3.05, 3.63) is 0 Å². The second-order valence-electron chi connectivity index (χ2n) is 1.71. The molecule has 0 saturated carbocycles. The average Bonchev–Trinajstić information content (AvgIpc) is 2.39. The second kappa shape index (κ2) is 326. The highest BCUT2D eigenvalue weighted by atomic mass is 13.6. The Morgan fingerprint density at radius 1 is 0.533 bits per heavy atom. The van der Waals surface area contributed by atoms with Crippen molar-refractivity contribution >= 4 is 0 Å². The number of terminal acetylenes is 1. The Morgan fingerprint density at radius 2 is 0.600 bits per heavy atom. The summed E-state index contributed by atoms with van der Waals surface area (Å²) < 4.78 is 0. The van der Waals surface area contributed by atoms with Crippen LogP contribution < -0.4 is 0 Å². The van der Waals surface area contributed by atoms with Gasteiger partial charge < -0.3 is 0 Å². The number of hydrogen-bond donors (Lipinski definition) is 0. The standard InChI is InChI=1S/C4H10.C3H8.3C2H6.C2H2/c1-3-4-2;1-3-2;4*1-2/h3-4H2,1-2H3;3H2,1-2H3;3*1-2H3;1-2H. The zero-order valence-electron chi connectivity index (χ0n) is 13.3. The van der Waals surface area contributed by atoms with E-state index in [2.05, 4.69) is 40.5 Å². The molecule has 98 valence electrons. The summed E-state index contributed by atoms with van der Waals surface area (Å²) in [5, 5.41) is 0. The first kappa shape index (κ1) is 36.5. The quantitative estimate of drug-likeness (QED) is 0.438. The number of hydrogen-bond acceptors (Lipinski definition) is 0. The minimum atomic E-state index is 1.25. The highest BCUT2D eigenvalue weighted by molar-refractivity contribution is 4.47. The van der Waals surface area contributed by atoms with E-state index in [-0.39, 0.29) is 0 Å². The third-order valence-corrected chi connectivity index (χ3v) is 0.500. The molecule has 0 heterocycles. The molecule has 0 aliphatic heterocycles. The summed E-state index contributed by atoms with van der Waals surface area (Å²) in [6, 6.07) is 0. The smallest absolute Gasteiger partial charge is 0.0564 e. The van der Waals surface area contributed by atoms with Crippen molar-refractivity contribution in [2.24, 2.45) is 0 Å². The molecule has 0 nitrogen and oxygen atoms in total.